The lowest BCUT2D eigenvalue weighted by atomic mass is 9.65. The third-order valence-corrected chi connectivity index (χ3v) is 4.20. The summed E-state index contributed by atoms with van der Waals surface area (Å²) in [6.45, 7) is 11.5. The van der Waals surface area contributed by atoms with E-state index in [0.717, 1.165) is 12.8 Å². The lowest BCUT2D eigenvalue weighted by molar-refractivity contribution is 0.180. The fourth-order valence-corrected chi connectivity index (χ4v) is 3.05. The molecule has 1 fully saturated rings. The van der Waals surface area contributed by atoms with Gasteiger partial charge in [0, 0.05) is 6.61 Å². The van der Waals surface area contributed by atoms with Crippen molar-refractivity contribution in [3.63, 3.8) is 0 Å². The lowest BCUT2D eigenvalue weighted by Gasteiger charge is -2.40. The zero-order valence-corrected chi connectivity index (χ0v) is 11.8. The van der Waals surface area contributed by atoms with Crippen molar-refractivity contribution in [1.29, 1.82) is 0 Å². The van der Waals surface area contributed by atoms with Crippen LogP contribution in [0.25, 0.3) is 0 Å². The molecular formula is C16H28O. The van der Waals surface area contributed by atoms with Crippen molar-refractivity contribution in [1.82, 2.24) is 0 Å². The van der Waals surface area contributed by atoms with Crippen LogP contribution < -0.4 is 0 Å². The highest BCUT2D eigenvalue weighted by molar-refractivity contribution is 5.11. The molecule has 1 saturated carbocycles. The van der Waals surface area contributed by atoms with E-state index in [1.165, 1.54) is 36.8 Å². The molecule has 1 rings (SSSR count). The van der Waals surface area contributed by atoms with E-state index in [-0.39, 0.29) is 6.61 Å². The van der Waals surface area contributed by atoms with Crippen LogP contribution in [0.4, 0.5) is 0 Å². The molecule has 17 heavy (non-hydrogen) atoms. The molecule has 0 aromatic heterocycles. The predicted octanol–water partition coefficient (Wildman–Crippen LogP) is 4.48. The van der Waals surface area contributed by atoms with E-state index in [4.69, 9.17) is 5.11 Å². The molecule has 1 unspecified atom stereocenters. The van der Waals surface area contributed by atoms with Crippen LogP contribution in [0.1, 0.15) is 59.3 Å². The Bertz CT molecular complexity index is 286. The molecule has 0 aliphatic heterocycles. The average Bonchev–Trinajstić information content (AvgIpc) is 2.24. The van der Waals surface area contributed by atoms with E-state index < -0.39 is 0 Å². The second-order valence-corrected chi connectivity index (χ2v) is 6.15. The third-order valence-electron chi connectivity index (χ3n) is 4.20. The van der Waals surface area contributed by atoms with Crippen LogP contribution in [0.5, 0.6) is 0 Å². The lowest BCUT2D eigenvalue weighted by Crippen LogP contribution is -2.29. The van der Waals surface area contributed by atoms with Crippen molar-refractivity contribution in [2.24, 2.45) is 11.3 Å². The molecule has 0 heterocycles. The summed E-state index contributed by atoms with van der Waals surface area (Å²) in [6, 6.07) is 0. The summed E-state index contributed by atoms with van der Waals surface area (Å²) in [5.74, 6) is 0.675. The minimum absolute atomic E-state index is 0.263. The van der Waals surface area contributed by atoms with Crippen LogP contribution in [-0.2, 0) is 0 Å². The van der Waals surface area contributed by atoms with Crippen LogP contribution in [0.2, 0.25) is 0 Å². The van der Waals surface area contributed by atoms with Crippen LogP contribution in [0.15, 0.2) is 23.8 Å². The van der Waals surface area contributed by atoms with Crippen LogP contribution in [-0.4, -0.2) is 11.7 Å². The molecule has 0 amide bonds. The molecule has 1 aliphatic carbocycles. The summed E-state index contributed by atoms with van der Waals surface area (Å²) in [7, 11) is 0. The van der Waals surface area contributed by atoms with E-state index in [1.54, 1.807) is 0 Å². The Morgan fingerprint density at radius 2 is 2.24 bits per heavy atom. The van der Waals surface area contributed by atoms with Gasteiger partial charge in [-0.25, -0.2) is 0 Å². The van der Waals surface area contributed by atoms with Gasteiger partial charge in [-0.3, -0.25) is 0 Å². The van der Waals surface area contributed by atoms with Crippen molar-refractivity contribution in [3.8, 4) is 0 Å². The van der Waals surface area contributed by atoms with Gasteiger partial charge >= 0.3 is 0 Å². The number of aliphatic hydroxyl groups excluding tert-OH is 1. The molecule has 1 N–H and O–H groups in total. The topological polar surface area (TPSA) is 20.2 Å². The first-order chi connectivity index (χ1) is 7.97. The number of hydrogen-bond donors (Lipinski definition) is 1. The SMILES string of the molecule is C=C1CCCC(C)(C)C1CC/C(C)=C/CCO. The molecule has 1 aliphatic rings. The van der Waals surface area contributed by atoms with Gasteiger partial charge < -0.3 is 5.11 Å². The number of aliphatic hydroxyl groups is 1. The number of hydrogen-bond acceptors (Lipinski definition) is 1. The van der Waals surface area contributed by atoms with Crippen molar-refractivity contribution >= 4 is 0 Å². The molecule has 0 saturated heterocycles. The number of allylic oxidation sites excluding steroid dienone is 2. The summed E-state index contributed by atoms with van der Waals surface area (Å²) in [6.07, 6.45) is 9.18. The monoisotopic (exact) mass is 236 g/mol. The summed E-state index contributed by atoms with van der Waals surface area (Å²) in [5, 5.41) is 8.80. The maximum Gasteiger partial charge on any atom is 0.0465 e. The molecule has 1 nitrogen and oxygen atoms in total. The van der Waals surface area contributed by atoms with Gasteiger partial charge in [-0.2, -0.15) is 0 Å². The minimum Gasteiger partial charge on any atom is -0.396 e. The number of rotatable bonds is 5. The maximum atomic E-state index is 8.80. The van der Waals surface area contributed by atoms with Crippen molar-refractivity contribution in [2.75, 3.05) is 6.61 Å². The normalized spacial score (nSPS) is 25.1. The first kappa shape index (κ1) is 14.5. The summed E-state index contributed by atoms with van der Waals surface area (Å²) in [5.41, 5.74) is 3.29. The van der Waals surface area contributed by atoms with Gasteiger partial charge in [-0.05, 0) is 56.8 Å². The summed E-state index contributed by atoms with van der Waals surface area (Å²) >= 11 is 0. The van der Waals surface area contributed by atoms with E-state index in [2.05, 4.69) is 33.4 Å². The van der Waals surface area contributed by atoms with Gasteiger partial charge in [0.2, 0.25) is 0 Å². The van der Waals surface area contributed by atoms with Crippen molar-refractivity contribution in [2.45, 2.75) is 59.3 Å². The molecule has 0 spiro atoms. The van der Waals surface area contributed by atoms with Crippen LogP contribution >= 0.6 is 0 Å². The van der Waals surface area contributed by atoms with Gasteiger partial charge in [-0.15, -0.1) is 0 Å². The molecule has 0 radical (unpaired) electrons. The first-order valence-electron chi connectivity index (χ1n) is 6.91. The highest BCUT2D eigenvalue weighted by atomic mass is 16.2. The Labute approximate surface area is 107 Å². The first-order valence-corrected chi connectivity index (χ1v) is 6.91. The summed E-state index contributed by atoms with van der Waals surface area (Å²) < 4.78 is 0. The van der Waals surface area contributed by atoms with Gasteiger partial charge in [0.05, 0.1) is 0 Å². The Balaban J connectivity index is 2.51. The van der Waals surface area contributed by atoms with Crippen LogP contribution in [0, 0.1) is 11.3 Å². The Morgan fingerprint density at radius 1 is 1.53 bits per heavy atom. The minimum atomic E-state index is 0.263. The second-order valence-electron chi connectivity index (χ2n) is 6.15. The molecule has 0 aromatic carbocycles. The van der Waals surface area contributed by atoms with Gasteiger partial charge in [0.1, 0.15) is 0 Å². The molecule has 0 bridgehead atoms. The summed E-state index contributed by atoms with van der Waals surface area (Å²) in [4.78, 5) is 0. The van der Waals surface area contributed by atoms with Gasteiger partial charge in [0.15, 0.2) is 0 Å². The highest BCUT2D eigenvalue weighted by Gasteiger charge is 2.33. The average molecular weight is 236 g/mol. The third kappa shape index (κ3) is 4.31. The molecule has 0 aromatic rings. The van der Waals surface area contributed by atoms with Crippen LogP contribution in [0.3, 0.4) is 0 Å². The predicted molar refractivity (Wildman–Crippen MR) is 75.0 cm³/mol. The standard InChI is InChI=1S/C16H28O/c1-13(7-6-12-17)9-10-15-14(2)8-5-11-16(15,3)4/h7,15,17H,2,5-6,8-12H2,1,3-4H3/b13-7+. The van der Waals surface area contributed by atoms with E-state index >= 15 is 0 Å². The molecule has 98 valence electrons. The maximum absolute atomic E-state index is 8.80. The second kappa shape index (κ2) is 6.39. The fourth-order valence-electron chi connectivity index (χ4n) is 3.05. The smallest absolute Gasteiger partial charge is 0.0465 e. The highest BCUT2D eigenvalue weighted by Crippen LogP contribution is 2.45. The molecule has 1 atom stereocenters. The zero-order valence-electron chi connectivity index (χ0n) is 11.8. The quantitative estimate of drug-likeness (QED) is 0.698. The Morgan fingerprint density at radius 3 is 2.82 bits per heavy atom. The van der Waals surface area contributed by atoms with E-state index in [0.29, 0.717) is 11.3 Å². The zero-order chi connectivity index (χ0) is 12.9. The van der Waals surface area contributed by atoms with Gasteiger partial charge in [0.25, 0.3) is 0 Å². The fraction of sp³-hybridized carbons (Fsp3) is 0.750. The Kier molecular flexibility index (Phi) is 5.45. The largest absolute Gasteiger partial charge is 0.396 e. The van der Waals surface area contributed by atoms with Gasteiger partial charge in [-0.1, -0.05) is 37.6 Å². The van der Waals surface area contributed by atoms with Crippen molar-refractivity contribution < 1.29 is 5.11 Å². The molecular weight excluding hydrogens is 208 g/mol. The van der Waals surface area contributed by atoms with Crippen molar-refractivity contribution in [3.05, 3.63) is 23.8 Å². The Hall–Kier alpha value is -0.560. The van der Waals surface area contributed by atoms with E-state index in [1.807, 2.05) is 0 Å². The molecule has 1 heteroatoms. The van der Waals surface area contributed by atoms with E-state index in [9.17, 15) is 0 Å².